The van der Waals surface area contributed by atoms with Crippen molar-refractivity contribution in [2.75, 3.05) is 33.0 Å². The number of hydrogen-bond acceptors (Lipinski definition) is 5. The highest BCUT2D eigenvalue weighted by Gasteiger charge is 2.08. The third-order valence-corrected chi connectivity index (χ3v) is 3.25. The first kappa shape index (κ1) is 20.8. The van der Waals surface area contributed by atoms with Crippen molar-refractivity contribution in [3.63, 3.8) is 0 Å². The standard InChI is InChI=1S/C18H30FNO4/c1-14(2)23-9-8-22-12-16-4-6-18(7-5-16)24-13-17(21)11-20-15(3)10-19/h4-7,14-15,17,20-21H,8-13H2,1-3H3. The van der Waals surface area contributed by atoms with Crippen molar-refractivity contribution >= 4 is 0 Å². The van der Waals surface area contributed by atoms with Crippen molar-refractivity contribution in [1.82, 2.24) is 5.32 Å². The van der Waals surface area contributed by atoms with Crippen LogP contribution in [0, 0.1) is 0 Å². The summed E-state index contributed by atoms with van der Waals surface area (Å²) in [4.78, 5) is 0. The highest BCUT2D eigenvalue weighted by atomic mass is 19.1. The van der Waals surface area contributed by atoms with Crippen LogP contribution in [0.5, 0.6) is 5.75 Å². The highest BCUT2D eigenvalue weighted by Crippen LogP contribution is 2.13. The maximum Gasteiger partial charge on any atom is 0.119 e. The molecule has 0 aromatic heterocycles. The molecule has 0 aliphatic heterocycles. The van der Waals surface area contributed by atoms with Crippen LogP contribution in [0.25, 0.3) is 0 Å². The molecule has 1 aromatic rings. The molecule has 6 heteroatoms. The summed E-state index contributed by atoms with van der Waals surface area (Å²) >= 11 is 0. The van der Waals surface area contributed by atoms with E-state index in [1.807, 2.05) is 38.1 Å². The second-order valence-electron chi connectivity index (χ2n) is 6.04. The number of alkyl halides is 1. The minimum Gasteiger partial charge on any atom is -0.491 e. The van der Waals surface area contributed by atoms with Gasteiger partial charge in [0.05, 0.1) is 25.9 Å². The van der Waals surface area contributed by atoms with Gasteiger partial charge in [-0.15, -0.1) is 0 Å². The molecule has 0 amide bonds. The summed E-state index contributed by atoms with van der Waals surface area (Å²) < 4.78 is 28.7. The van der Waals surface area contributed by atoms with Gasteiger partial charge in [-0.1, -0.05) is 12.1 Å². The lowest BCUT2D eigenvalue weighted by molar-refractivity contribution is 0.0143. The number of ether oxygens (including phenoxy) is 3. The lowest BCUT2D eigenvalue weighted by atomic mass is 10.2. The molecule has 138 valence electrons. The molecule has 0 radical (unpaired) electrons. The van der Waals surface area contributed by atoms with E-state index >= 15 is 0 Å². The van der Waals surface area contributed by atoms with Gasteiger partial charge in [0.25, 0.3) is 0 Å². The number of benzene rings is 1. The Balaban J connectivity index is 2.19. The summed E-state index contributed by atoms with van der Waals surface area (Å²) in [6, 6.07) is 7.27. The van der Waals surface area contributed by atoms with E-state index in [-0.39, 0.29) is 18.8 Å². The molecule has 0 fully saturated rings. The Morgan fingerprint density at radius 2 is 1.83 bits per heavy atom. The van der Waals surface area contributed by atoms with Gasteiger partial charge in [-0.2, -0.15) is 0 Å². The summed E-state index contributed by atoms with van der Waals surface area (Å²) in [5, 5.41) is 12.7. The molecule has 0 saturated carbocycles. The zero-order valence-electron chi connectivity index (χ0n) is 14.8. The molecular weight excluding hydrogens is 313 g/mol. The summed E-state index contributed by atoms with van der Waals surface area (Å²) in [6.07, 6.45) is -0.460. The first-order valence-electron chi connectivity index (χ1n) is 8.39. The predicted octanol–water partition coefficient (Wildman–Crippen LogP) is 2.32. The van der Waals surface area contributed by atoms with Gasteiger partial charge in [0, 0.05) is 12.6 Å². The minimum atomic E-state index is -0.678. The predicted molar refractivity (Wildman–Crippen MR) is 92.1 cm³/mol. The fraction of sp³-hybridized carbons (Fsp3) is 0.667. The van der Waals surface area contributed by atoms with Crippen molar-refractivity contribution in [3.8, 4) is 5.75 Å². The smallest absolute Gasteiger partial charge is 0.119 e. The Hall–Kier alpha value is -1.21. The van der Waals surface area contributed by atoms with Gasteiger partial charge >= 0.3 is 0 Å². The summed E-state index contributed by atoms with van der Waals surface area (Å²) in [6.45, 7) is 7.39. The van der Waals surface area contributed by atoms with E-state index in [2.05, 4.69) is 5.32 Å². The first-order valence-corrected chi connectivity index (χ1v) is 8.39. The Bertz CT molecular complexity index is 428. The van der Waals surface area contributed by atoms with Gasteiger partial charge < -0.3 is 24.6 Å². The van der Waals surface area contributed by atoms with E-state index in [0.29, 0.717) is 32.1 Å². The largest absolute Gasteiger partial charge is 0.491 e. The van der Waals surface area contributed by atoms with E-state index in [1.54, 1.807) is 6.92 Å². The van der Waals surface area contributed by atoms with Crippen LogP contribution < -0.4 is 10.1 Å². The van der Waals surface area contributed by atoms with Crippen LogP contribution in [0.4, 0.5) is 4.39 Å². The number of aliphatic hydroxyl groups excluding tert-OH is 1. The van der Waals surface area contributed by atoms with Crippen LogP contribution in [0.3, 0.4) is 0 Å². The molecule has 0 spiro atoms. The lowest BCUT2D eigenvalue weighted by Crippen LogP contribution is -2.37. The molecule has 24 heavy (non-hydrogen) atoms. The van der Waals surface area contributed by atoms with E-state index in [0.717, 1.165) is 5.56 Å². The number of rotatable bonds is 13. The monoisotopic (exact) mass is 343 g/mol. The molecule has 2 atom stereocenters. The van der Waals surface area contributed by atoms with Crippen molar-refractivity contribution in [2.45, 2.75) is 45.6 Å². The van der Waals surface area contributed by atoms with Crippen LogP contribution in [0.1, 0.15) is 26.3 Å². The highest BCUT2D eigenvalue weighted by molar-refractivity contribution is 5.26. The molecule has 0 bridgehead atoms. The lowest BCUT2D eigenvalue weighted by Gasteiger charge is -2.15. The van der Waals surface area contributed by atoms with Gasteiger partial charge in [-0.05, 0) is 38.5 Å². The van der Waals surface area contributed by atoms with Crippen molar-refractivity contribution in [1.29, 1.82) is 0 Å². The summed E-state index contributed by atoms with van der Waals surface area (Å²) in [5.41, 5.74) is 1.05. The number of nitrogens with one attached hydrogen (secondary N) is 1. The van der Waals surface area contributed by atoms with Crippen LogP contribution in [0.15, 0.2) is 24.3 Å². The quantitative estimate of drug-likeness (QED) is 0.538. The summed E-state index contributed by atoms with van der Waals surface area (Å²) in [7, 11) is 0. The fourth-order valence-electron chi connectivity index (χ4n) is 1.86. The molecule has 5 nitrogen and oxygen atoms in total. The molecular formula is C18H30FNO4. The molecule has 1 rings (SSSR count). The van der Waals surface area contributed by atoms with Crippen LogP contribution in [-0.4, -0.2) is 56.4 Å². The second kappa shape index (κ2) is 12.2. The van der Waals surface area contributed by atoms with Crippen LogP contribution in [0.2, 0.25) is 0 Å². The molecule has 0 heterocycles. The molecule has 0 saturated heterocycles. The SMILES string of the molecule is CC(CF)NCC(O)COc1ccc(COCCOC(C)C)cc1. The summed E-state index contributed by atoms with van der Waals surface area (Å²) in [5.74, 6) is 0.680. The molecule has 0 aliphatic rings. The molecule has 0 aliphatic carbocycles. The Kier molecular flexibility index (Phi) is 10.6. The maximum atomic E-state index is 12.3. The van der Waals surface area contributed by atoms with Crippen LogP contribution in [-0.2, 0) is 16.1 Å². The zero-order valence-corrected chi connectivity index (χ0v) is 14.8. The molecule has 2 unspecified atom stereocenters. The Morgan fingerprint density at radius 3 is 2.46 bits per heavy atom. The topological polar surface area (TPSA) is 60.0 Å². The van der Waals surface area contributed by atoms with Gasteiger partial charge in [-0.25, -0.2) is 4.39 Å². The molecule has 2 N–H and O–H groups in total. The fourth-order valence-corrected chi connectivity index (χ4v) is 1.86. The van der Waals surface area contributed by atoms with E-state index < -0.39 is 12.8 Å². The molecule has 1 aromatic carbocycles. The normalized spacial score (nSPS) is 13.9. The zero-order chi connectivity index (χ0) is 17.8. The Morgan fingerprint density at radius 1 is 1.12 bits per heavy atom. The van der Waals surface area contributed by atoms with E-state index in [4.69, 9.17) is 14.2 Å². The third-order valence-electron chi connectivity index (χ3n) is 3.25. The maximum absolute atomic E-state index is 12.3. The minimum absolute atomic E-state index is 0.161. The second-order valence-corrected chi connectivity index (χ2v) is 6.04. The van der Waals surface area contributed by atoms with Gasteiger partial charge in [0.1, 0.15) is 25.1 Å². The average Bonchev–Trinajstić information content (AvgIpc) is 2.58. The number of halogens is 1. The van der Waals surface area contributed by atoms with E-state index in [1.165, 1.54) is 0 Å². The van der Waals surface area contributed by atoms with E-state index in [9.17, 15) is 9.50 Å². The average molecular weight is 343 g/mol. The van der Waals surface area contributed by atoms with Crippen molar-refractivity contribution in [3.05, 3.63) is 29.8 Å². The number of aliphatic hydroxyl groups is 1. The number of hydrogen-bond donors (Lipinski definition) is 2. The van der Waals surface area contributed by atoms with Crippen LogP contribution >= 0.6 is 0 Å². The van der Waals surface area contributed by atoms with Gasteiger partial charge in [0.2, 0.25) is 0 Å². The van der Waals surface area contributed by atoms with Crippen molar-refractivity contribution in [2.24, 2.45) is 0 Å². The van der Waals surface area contributed by atoms with Gasteiger partial charge in [0.15, 0.2) is 0 Å². The Labute approximate surface area is 144 Å². The first-order chi connectivity index (χ1) is 11.5. The van der Waals surface area contributed by atoms with Gasteiger partial charge in [-0.3, -0.25) is 0 Å². The third kappa shape index (κ3) is 9.82. The van der Waals surface area contributed by atoms with Crippen molar-refractivity contribution < 1.29 is 23.7 Å².